The fourth-order valence-corrected chi connectivity index (χ4v) is 4.78. The smallest absolute Gasteiger partial charge is 0.328 e. The zero-order valence-electron chi connectivity index (χ0n) is 24.7. The average molecular weight is 641 g/mol. The lowest BCUT2D eigenvalue weighted by molar-refractivity contribution is -0.134. The molecule has 6 N–H and O–H groups in total. The van der Waals surface area contributed by atoms with Crippen LogP contribution >= 0.6 is 23.2 Å². The van der Waals surface area contributed by atoms with E-state index >= 15 is 0 Å². The van der Waals surface area contributed by atoms with Gasteiger partial charge < -0.3 is 40.7 Å². The number of anilines is 2. The van der Waals surface area contributed by atoms with Gasteiger partial charge >= 0.3 is 11.9 Å². The Balaban J connectivity index is 0.000000708. The van der Waals surface area contributed by atoms with Crippen LogP contribution in [0.3, 0.4) is 0 Å². The summed E-state index contributed by atoms with van der Waals surface area (Å²) in [6.45, 7) is 9.71. The molecule has 10 nitrogen and oxygen atoms in total. The summed E-state index contributed by atoms with van der Waals surface area (Å²) in [5.41, 5.74) is 9.23. The zero-order valence-corrected chi connectivity index (χ0v) is 26.2. The number of rotatable bonds is 15. The molecule has 2 aromatic carbocycles. The molecule has 1 aliphatic rings. The molecule has 1 saturated heterocycles. The van der Waals surface area contributed by atoms with E-state index in [0.717, 1.165) is 65.2 Å². The molecule has 238 valence electrons. The number of carboxylic acids is 2. The minimum absolute atomic E-state index is 0.107. The number of aliphatic hydroxyl groups is 1. The van der Waals surface area contributed by atoms with Crippen molar-refractivity contribution in [3.8, 4) is 0 Å². The van der Waals surface area contributed by atoms with Gasteiger partial charge in [-0.05, 0) is 74.9 Å². The van der Waals surface area contributed by atoms with Crippen molar-refractivity contribution in [3.05, 3.63) is 69.7 Å². The number of halogens is 2. The van der Waals surface area contributed by atoms with Crippen molar-refractivity contribution in [1.29, 1.82) is 0 Å². The maximum atomic E-state index is 10.5. The van der Waals surface area contributed by atoms with Crippen molar-refractivity contribution in [3.63, 3.8) is 0 Å². The molecular formula is C31H43Cl2N3O7. The highest BCUT2D eigenvalue weighted by atomic mass is 35.5. The van der Waals surface area contributed by atoms with Gasteiger partial charge in [0.25, 0.3) is 0 Å². The van der Waals surface area contributed by atoms with E-state index in [0.29, 0.717) is 40.0 Å². The van der Waals surface area contributed by atoms with Crippen LogP contribution in [-0.2, 0) is 25.5 Å². The normalized spacial score (nSPS) is 14.3. The van der Waals surface area contributed by atoms with Crippen LogP contribution in [0.1, 0.15) is 50.3 Å². The van der Waals surface area contributed by atoms with Crippen LogP contribution in [-0.4, -0.2) is 78.9 Å². The number of nitrogens with one attached hydrogen (secondary N) is 1. The predicted molar refractivity (Wildman–Crippen MR) is 170 cm³/mol. The Morgan fingerprint density at radius 2 is 1.63 bits per heavy atom. The Morgan fingerprint density at radius 3 is 2.19 bits per heavy atom. The second-order valence-corrected chi connectivity index (χ2v) is 11.6. The number of β-amino-alcohol motifs (C(OH)–C–C–N with tert-alkyl or cyclic N) is 1. The topological polar surface area (TPSA) is 155 Å². The van der Waals surface area contributed by atoms with E-state index in [-0.39, 0.29) is 5.54 Å². The number of aliphatic carboxylic acids is 2. The van der Waals surface area contributed by atoms with Crippen molar-refractivity contribution in [1.82, 2.24) is 5.32 Å². The third-order valence-corrected chi connectivity index (χ3v) is 7.44. The quantitative estimate of drug-likeness (QED) is 0.103. The fraction of sp³-hybridized carbons (Fsp3) is 0.484. The number of carboxylic acid groups (broad SMARTS) is 2. The molecule has 0 spiro atoms. The zero-order chi connectivity index (χ0) is 31.8. The van der Waals surface area contributed by atoms with E-state index in [4.69, 9.17) is 48.6 Å². The number of carbonyl (C=O) groups is 2. The van der Waals surface area contributed by atoms with Crippen LogP contribution in [0.5, 0.6) is 0 Å². The highest BCUT2D eigenvalue weighted by Crippen LogP contribution is 2.31. The van der Waals surface area contributed by atoms with E-state index in [2.05, 4.69) is 48.3 Å². The first-order valence-corrected chi connectivity index (χ1v) is 14.9. The lowest BCUT2D eigenvalue weighted by atomic mass is 9.96. The number of hydrogen-bond acceptors (Lipinski definition) is 8. The van der Waals surface area contributed by atoms with Crippen molar-refractivity contribution in [2.75, 3.05) is 56.7 Å². The van der Waals surface area contributed by atoms with Crippen LogP contribution in [0.4, 0.5) is 11.4 Å². The number of benzene rings is 2. The van der Waals surface area contributed by atoms with Gasteiger partial charge in [-0.2, -0.15) is 0 Å². The molecule has 2 aromatic rings. The number of nitrogens with zero attached hydrogens (tertiary/aromatic N) is 1. The third kappa shape index (κ3) is 14.4. The van der Waals surface area contributed by atoms with Gasteiger partial charge in [0.2, 0.25) is 0 Å². The molecule has 0 bridgehead atoms. The summed E-state index contributed by atoms with van der Waals surface area (Å²) in [6.07, 6.45) is 4.36. The van der Waals surface area contributed by atoms with Crippen LogP contribution in [0, 0.1) is 0 Å². The molecule has 1 heterocycles. The van der Waals surface area contributed by atoms with Crippen LogP contribution < -0.4 is 16.0 Å². The van der Waals surface area contributed by atoms with E-state index in [9.17, 15) is 14.7 Å². The molecule has 0 saturated carbocycles. The Bertz CT molecular complexity index is 1150. The van der Waals surface area contributed by atoms with Crippen molar-refractivity contribution >= 4 is 46.5 Å². The summed E-state index contributed by atoms with van der Waals surface area (Å²) < 4.78 is 11.3. The second kappa shape index (κ2) is 18.7. The molecule has 0 aromatic heterocycles. The summed E-state index contributed by atoms with van der Waals surface area (Å²) in [5.74, 6) is -2.51. The Labute approximate surface area is 263 Å². The first-order chi connectivity index (χ1) is 20.4. The summed E-state index contributed by atoms with van der Waals surface area (Å²) >= 11 is 12.2. The van der Waals surface area contributed by atoms with E-state index in [1.54, 1.807) is 12.1 Å². The summed E-state index contributed by atoms with van der Waals surface area (Å²) in [5, 5.41) is 30.3. The van der Waals surface area contributed by atoms with Gasteiger partial charge in [-0.25, -0.2) is 9.59 Å². The lowest BCUT2D eigenvalue weighted by Crippen LogP contribution is -2.41. The number of ether oxygens (including phenoxy) is 2. The monoisotopic (exact) mass is 639 g/mol. The summed E-state index contributed by atoms with van der Waals surface area (Å²) in [7, 11) is 0. The Hall–Kier alpha value is -2.86. The predicted octanol–water partition coefficient (Wildman–Crippen LogP) is 4.96. The number of hydrogen-bond donors (Lipinski definition) is 5. The molecule has 3 rings (SSSR count). The lowest BCUT2D eigenvalue weighted by Gasteiger charge is -2.28. The molecule has 0 amide bonds. The van der Waals surface area contributed by atoms with E-state index in [1.807, 2.05) is 0 Å². The number of morpholine rings is 1. The summed E-state index contributed by atoms with van der Waals surface area (Å²) in [6, 6.07) is 12.1. The fourth-order valence-electron chi connectivity index (χ4n) is 4.28. The number of nitrogen functional groups attached to an aromatic ring is 1. The van der Waals surface area contributed by atoms with Crippen LogP contribution in [0.25, 0.3) is 0 Å². The van der Waals surface area contributed by atoms with Crippen LogP contribution in [0.15, 0.2) is 48.6 Å². The molecule has 1 aliphatic heterocycles. The molecule has 0 aliphatic carbocycles. The van der Waals surface area contributed by atoms with Crippen molar-refractivity contribution in [2.24, 2.45) is 0 Å². The molecule has 0 radical (unpaired) electrons. The van der Waals surface area contributed by atoms with Gasteiger partial charge in [0.05, 0.1) is 41.7 Å². The van der Waals surface area contributed by atoms with E-state index in [1.165, 1.54) is 11.3 Å². The van der Waals surface area contributed by atoms with Crippen molar-refractivity contribution in [2.45, 2.75) is 51.2 Å². The standard InChI is InChI=1S/C27H39Cl2N3O3.C4H4O4/c1-27(2,31-19-25(33)21-17-23(28)26(30)24(29)18-21)10-3-4-13-34-14-9-20-5-7-22(8-6-20)32-11-15-35-16-12-32;5-3(6)1-2-4(7)8/h5-8,17-18,25,31,33H,3-4,9-16,19,30H2,1-2H3;1-2H,(H,5,6)(H,7,8)/b;2-1-. The SMILES string of the molecule is CC(C)(CCCCOCCc1ccc(N2CCOCC2)cc1)NCC(O)c1cc(Cl)c(N)c(Cl)c1.O=C(O)/C=C\C(=O)O. The highest BCUT2D eigenvalue weighted by Gasteiger charge is 2.20. The third-order valence-electron chi connectivity index (χ3n) is 6.82. The maximum Gasteiger partial charge on any atom is 0.328 e. The molecule has 1 fully saturated rings. The Morgan fingerprint density at radius 1 is 1.05 bits per heavy atom. The number of unbranched alkanes of at least 4 members (excludes halogenated alkanes) is 1. The Kier molecular flexibility index (Phi) is 15.8. The minimum atomic E-state index is -1.26. The molecule has 1 atom stereocenters. The second-order valence-electron chi connectivity index (χ2n) is 10.8. The van der Waals surface area contributed by atoms with Gasteiger partial charge in [0, 0.05) is 49.6 Å². The largest absolute Gasteiger partial charge is 0.478 e. The average Bonchev–Trinajstić information content (AvgIpc) is 2.98. The highest BCUT2D eigenvalue weighted by molar-refractivity contribution is 6.38. The summed E-state index contributed by atoms with van der Waals surface area (Å²) in [4.78, 5) is 21.5. The molecule has 1 unspecified atom stereocenters. The van der Waals surface area contributed by atoms with Gasteiger partial charge in [0.15, 0.2) is 0 Å². The van der Waals surface area contributed by atoms with Crippen molar-refractivity contribution < 1.29 is 34.4 Å². The van der Waals surface area contributed by atoms with Crippen LogP contribution in [0.2, 0.25) is 10.0 Å². The molecule has 12 heteroatoms. The number of nitrogens with two attached hydrogens (primary N) is 1. The molecular weight excluding hydrogens is 597 g/mol. The van der Waals surface area contributed by atoms with Gasteiger partial charge in [-0.15, -0.1) is 0 Å². The van der Waals surface area contributed by atoms with Gasteiger partial charge in [0.1, 0.15) is 0 Å². The van der Waals surface area contributed by atoms with E-state index < -0.39 is 18.0 Å². The first kappa shape index (κ1) is 36.3. The first-order valence-electron chi connectivity index (χ1n) is 14.2. The van der Waals surface area contributed by atoms with Gasteiger partial charge in [-0.1, -0.05) is 35.3 Å². The maximum absolute atomic E-state index is 10.5. The number of aliphatic hydroxyl groups excluding tert-OH is 1. The van der Waals surface area contributed by atoms with Gasteiger partial charge in [-0.3, -0.25) is 0 Å². The molecule has 43 heavy (non-hydrogen) atoms. The minimum Gasteiger partial charge on any atom is -0.478 e.